The molecule has 166 valence electrons. The molecule has 0 bridgehead atoms. The first kappa shape index (κ1) is 21.2. The molecular formula is C22H18Cl2N8O. The minimum Gasteiger partial charge on any atom is -0.302 e. The van der Waals surface area contributed by atoms with Gasteiger partial charge in [-0.1, -0.05) is 41.4 Å². The van der Waals surface area contributed by atoms with E-state index in [9.17, 15) is 4.79 Å². The molecule has 11 heteroatoms. The molecule has 5 aromatic rings. The van der Waals surface area contributed by atoms with Crippen molar-refractivity contribution < 1.29 is 4.79 Å². The minimum absolute atomic E-state index is 0.188. The molecule has 1 amide bonds. The van der Waals surface area contributed by atoms with E-state index < -0.39 is 5.91 Å². The molecule has 5 rings (SSSR count). The summed E-state index contributed by atoms with van der Waals surface area (Å²) >= 11 is 12.5. The molecule has 0 unspecified atom stereocenters. The standard InChI is InChI=1S/C22H18Cl2N8O/c1-13-15(10-26-30(13)2)19-7-8-25-20-9-18(28-32(19)20)22(33)27-21-17(24)12-31(29-21)11-14-5-3-4-6-16(14)23/h3-10,12H,11H2,1-2H3,(H,27,29,33). The van der Waals surface area contributed by atoms with Gasteiger partial charge >= 0.3 is 0 Å². The van der Waals surface area contributed by atoms with E-state index in [1.54, 1.807) is 38.5 Å². The number of rotatable bonds is 5. The number of halogens is 2. The zero-order valence-electron chi connectivity index (χ0n) is 17.7. The fourth-order valence-electron chi connectivity index (χ4n) is 3.50. The Hall–Kier alpha value is -3.69. The van der Waals surface area contributed by atoms with Gasteiger partial charge in [-0.15, -0.1) is 0 Å². The number of aryl methyl sites for hydroxylation is 1. The van der Waals surface area contributed by atoms with Gasteiger partial charge in [0.1, 0.15) is 5.02 Å². The van der Waals surface area contributed by atoms with Gasteiger partial charge in [0.2, 0.25) is 0 Å². The molecule has 0 fully saturated rings. The summed E-state index contributed by atoms with van der Waals surface area (Å²) in [6, 6.07) is 10.9. The van der Waals surface area contributed by atoms with Gasteiger partial charge < -0.3 is 5.32 Å². The predicted octanol–water partition coefficient (Wildman–Crippen LogP) is 4.24. The van der Waals surface area contributed by atoms with Crippen molar-refractivity contribution in [2.45, 2.75) is 13.5 Å². The summed E-state index contributed by atoms with van der Waals surface area (Å²) in [4.78, 5) is 17.2. The normalized spacial score (nSPS) is 11.3. The second kappa shape index (κ2) is 8.34. The molecular weight excluding hydrogens is 463 g/mol. The Morgan fingerprint density at radius 3 is 2.70 bits per heavy atom. The molecule has 0 atom stereocenters. The Balaban J connectivity index is 1.41. The molecule has 0 saturated heterocycles. The third kappa shape index (κ3) is 3.96. The summed E-state index contributed by atoms with van der Waals surface area (Å²) < 4.78 is 5.02. The maximum absolute atomic E-state index is 12.9. The first-order valence-electron chi connectivity index (χ1n) is 10.0. The predicted molar refractivity (Wildman–Crippen MR) is 126 cm³/mol. The average Bonchev–Trinajstić information content (AvgIpc) is 3.48. The van der Waals surface area contributed by atoms with Crippen molar-refractivity contribution >= 4 is 40.6 Å². The van der Waals surface area contributed by atoms with Crippen molar-refractivity contribution in [1.29, 1.82) is 0 Å². The van der Waals surface area contributed by atoms with Crippen LogP contribution in [0.2, 0.25) is 10.0 Å². The first-order chi connectivity index (χ1) is 15.9. The number of hydrogen-bond acceptors (Lipinski definition) is 5. The van der Waals surface area contributed by atoms with Crippen LogP contribution in [-0.2, 0) is 13.6 Å². The maximum atomic E-state index is 12.9. The maximum Gasteiger partial charge on any atom is 0.277 e. The number of benzene rings is 1. The molecule has 1 aromatic carbocycles. The van der Waals surface area contributed by atoms with Crippen LogP contribution in [0.3, 0.4) is 0 Å². The highest BCUT2D eigenvalue weighted by Crippen LogP contribution is 2.25. The molecule has 33 heavy (non-hydrogen) atoms. The van der Waals surface area contributed by atoms with Crippen LogP contribution in [0.25, 0.3) is 16.9 Å². The highest BCUT2D eigenvalue weighted by atomic mass is 35.5. The number of carbonyl (C=O) groups excluding carboxylic acids is 1. The smallest absolute Gasteiger partial charge is 0.277 e. The molecule has 9 nitrogen and oxygen atoms in total. The lowest BCUT2D eigenvalue weighted by atomic mass is 10.2. The molecule has 0 radical (unpaired) electrons. The summed E-state index contributed by atoms with van der Waals surface area (Å²) in [6.07, 6.45) is 5.07. The fraction of sp³-hybridized carbons (Fsp3) is 0.136. The molecule has 0 aliphatic carbocycles. The monoisotopic (exact) mass is 480 g/mol. The molecule has 4 heterocycles. The van der Waals surface area contributed by atoms with E-state index in [-0.39, 0.29) is 11.5 Å². The highest BCUT2D eigenvalue weighted by molar-refractivity contribution is 6.33. The van der Waals surface area contributed by atoms with Crippen LogP contribution >= 0.6 is 23.2 Å². The van der Waals surface area contributed by atoms with Gasteiger partial charge in [0.05, 0.1) is 18.4 Å². The number of nitrogens with one attached hydrogen (secondary N) is 1. The van der Waals surface area contributed by atoms with E-state index in [2.05, 4.69) is 25.6 Å². The van der Waals surface area contributed by atoms with E-state index in [4.69, 9.17) is 23.2 Å². The van der Waals surface area contributed by atoms with E-state index in [1.165, 1.54) is 0 Å². The van der Waals surface area contributed by atoms with Crippen LogP contribution in [0.4, 0.5) is 5.82 Å². The molecule has 0 aliphatic heterocycles. The number of fused-ring (bicyclic) bond motifs is 1. The zero-order valence-corrected chi connectivity index (χ0v) is 19.2. The molecule has 0 saturated carbocycles. The molecule has 1 N–H and O–H groups in total. The van der Waals surface area contributed by atoms with E-state index >= 15 is 0 Å². The van der Waals surface area contributed by atoms with Crippen molar-refractivity contribution in [3.63, 3.8) is 0 Å². The summed E-state index contributed by atoms with van der Waals surface area (Å²) in [5.41, 5.74) is 4.28. The molecule has 0 spiro atoms. The third-order valence-electron chi connectivity index (χ3n) is 5.34. The van der Waals surface area contributed by atoms with E-state index in [0.29, 0.717) is 22.2 Å². The number of aromatic nitrogens is 7. The van der Waals surface area contributed by atoms with Gasteiger partial charge in [0.25, 0.3) is 5.91 Å². The minimum atomic E-state index is -0.445. The van der Waals surface area contributed by atoms with Crippen molar-refractivity contribution in [1.82, 2.24) is 34.2 Å². The highest BCUT2D eigenvalue weighted by Gasteiger charge is 2.18. The van der Waals surface area contributed by atoms with Crippen LogP contribution in [0, 0.1) is 6.92 Å². The second-order valence-corrected chi connectivity index (χ2v) is 8.28. The van der Waals surface area contributed by atoms with Gasteiger partial charge in [0.15, 0.2) is 17.2 Å². The number of nitrogens with zero attached hydrogens (tertiary/aromatic N) is 7. The summed E-state index contributed by atoms with van der Waals surface area (Å²) in [7, 11) is 1.87. The average molecular weight is 481 g/mol. The van der Waals surface area contributed by atoms with E-state index in [1.807, 2.05) is 44.3 Å². The largest absolute Gasteiger partial charge is 0.302 e. The van der Waals surface area contributed by atoms with Crippen molar-refractivity contribution in [2.24, 2.45) is 7.05 Å². The van der Waals surface area contributed by atoms with Gasteiger partial charge in [0, 0.05) is 41.8 Å². The number of anilines is 1. The van der Waals surface area contributed by atoms with Crippen LogP contribution in [0.1, 0.15) is 21.7 Å². The molecule has 4 aromatic heterocycles. The second-order valence-electron chi connectivity index (χ2n) is 7.47. The topological polar surface area (TPSA) is 94.9 Å². The Kier molecular flexibility index (Phi) is 5.35. The van der Waals surface area contributed by atoms with Gasteiger partial charge in [-0.05, 0) is 24.6 Å². The van der Waals surface area contributed by atoms with Crippen LogP contribution in [-0.4, -0.2) is 40.1 Å². The quantitative estimate of drug-likeness (QED) is 0.405. The van der Waals surface area contributed by atoms with Gasteiger partial charge in [-0.3, -0.25) is 14.2 Å². The van der Waals surface area contributed by atoms with E-state index in [0.717, 1.165) is 22.5 Å². The zero-order chi connectivity index (χ0) is 23.1. The van der Waals surface area contributed by atoms with Gasteiger partial charge in [-0.25, -0.2) is 9.50 Å². The lowest BCUT2D eigenvalue weighted by Gasteiger charge is -2.04. The number of carbonyl (C=O) groups is 1. The summed E-state index contributed by atoms with van der Waals surface area (Å²) in [5, 5.41) is 16.8. The summed E-state index contributed by atoms with van der Waals surface area (Å²) in [6.45, 7) is 2.38. The first-order valence-corrected chi connectivity index (χ1v) is 10.8. The number of hydrogen-bond donors (Lipinski definition) is 1. The summed E-state index contributed by atoms with van der Waals surface area (Å²) in [5.74, 6) is -0.207. The molecule has 0 aliphatic rings. The third-order valence-corrected chi connectivity index (χ3v) is 5.99. The Morgan fingerprint density at radius 1 is 1.12 bits per heavy atom. The Morgan fingerprint density at radius 2 is 1.94 bits per heavy atom. The van der Waals surface area contributed by atoms with Crippen LogP contribution in [0.15, 0.2) is 55.0 Å². The van der Waals surface area contributed by atoms with Gasteiger partial charge in [-0.2, -0.15) is 15.3 Å². The van der Waals surface area contributed by atoms with Crippen LogP contribution in [0.5, 0.6) is 0 Å². The fourth-order valence-corrected chi connectivity index (χ4v) is 3.89. The Bertz CT molecular complexity index is 1500. The lowest BCUT2D eigenvalue weighted by molar-refractivity contribution is 0.102. The SMILES string of the molecule is Cc1c(-c2ccnc3cc(C(=O)Nc4nn(Cc5ccccc5Cl)cc4Cl)nn23)cnn1C. The van der Waals surface area contributed by atoms with Crippen molar-refractivity contribution in [3.8, 4) is 11.3 Å². The van der Waals surface area contributed by atoms with Crippen molar-refractivity contribution in [2.75, 3.05) is 5.32 Å². The van der Waals surface area contributed by atoms with Crippen molar-refractivity contribution in [3.05, 3.63) is 82.0 Å². The number of amides is 1. The van der Waals surface area contributed by atoms with Crippen LogP contribution < -0.4 is 5.32 Å². The lowest BCUT2D eigenvalue weighted by Crippen LogP contribution is -2.14. The Labute approximate surface area is 198 Å².